The van der Waals surface area contributed by atoms with Crippen LogP contribution in [0, 0.1) is 5.82 Å². The maximum absolute atomic E-state index is 14.2. The summed E-state index contributed by atoms with van der Waals surface area (Å²) in [6.45, 7) is 0.995. The minimum atomic E-state index is -0.393. The molecule has 0 heterocycles. The molecule has 0 fully saturated rings. The van der Waals surface area contributed by atoms with E-state index < -0.39 is 5.82 Å². The van der Waals surface area contributed by atoms with Gasteiger partial charge in [-0.15, -0.1) is 0 Å². The highest BCUT2D eigenvalue weighted by molar-refractivity contribution is 9.10. The number of benzene rings is 2. The van der Waals surface area contributed by atoms with E-state index in [4.69, 9.17) is 17.3 Å². The van der Waals surface area contributed by atoms with E-state index in [0.29, 0.717) is 18.7 Å². The zero-order valence-electron chi connectivity index (χ0n) is 11.7. The summed E-state index contributed by atoms with van der Waals surface area (Å²) in [5.74, 6) is -0.393. The van der Waals surface area contributed by atoms with E-state index in [1.54, 1.807) is 18.2 Å². The average molecular weight is 372 g/mol. The molecule has 1 unspecified atom stereocenters. The molecular weight excluding hydrogens is 355 g/mol. The lowest BCUT2D eigenvalue weighted by atomic mass is 10.0. The molecule has 0 aliphatic heterocycles. The van der Waals surface area contributed by atoms with Gasteiger partial charge < -0.3 is 5.73 Å². The monoisotopic (exact) mass is 370 g/mol. The van der Waals surface area contributed by atoms with Crippen LogP contribution in [0.5, 0.6) is 0 Å². The zero-order chi connectivity index (χ0) is 15.4. The Bertz CT molecular complexity index is 621. The van der Waals surface area contributed by atoms with Gasteiger partial charge in [0.15, 0.2) is 0 Å². The van der Waals surface area contributed by atoms with Crippen LogP contribution in [0.15, 0.2) is 46.9 Å². The van der Waals surface area contributed by atoms with Crippen molar-refractivity contribution in [2.75, 3.05) is 13.6 Å². The van der Waals surface area contributed by atoms with Gasteiger partial charge in [0.1, 0.15) is 5.82 Å². The second-order valence-electron chi connectivity index (χ2n) is 4.94. The molecule has 0 saturated heterocycles. The Balaban J connectivity index is 2.22. The van der Waals surface area contributed by atoms with E-state index in [1.165, 1.54) is 0 Å². The van der Waals surface area contributed by atoms with Crippen LogP contribution >= 0.6 is 27.5 Å². The third-order valence-electron chi connectivity index (χ3n) is 3.42. The maximum Gasteiger partial charge on any atom is 0.146 e. The molecule has 0 amide bonds. The van der Waals surface area contributed by atoms with Gasteiger partial charge in [-0.05, 0) is 30.8 Å². The van der Waals surface area contributed by atoms with Crippen LogP contribution in [0.3, 0.4) is 0 Å². The van der Waals surface area contributed by atoms with E-state index in [2.05, 4.69) is 15.9 Å². The lowest BCUT2D eigenvalue weighted by molar-refractivity contribution is 0.236. The molecule has 0 aromatic heterocycles. The number of nitrogens with two attached hydrogens (primary N) is 1. The number of hydrogen-bond donors (Lipinski definition) is 1. The van der Waals surface area contributed by atoms with Crippen molar-refractivity contribution < 1.29 is 4.39 Å². The highest BCUT2D eigenvalue weighted by Gasteiger charge is 2.20. The predicted octanol–water partition coefficient (Wildman–Crippen LogP) is 4.37. The molecule has 0 aliphatic rings. The molecule has 0 radical (unpaired) electrons. The van der Waals surface area contributed by atoms with E-state index in [-0.39, 0.29) is 11.1 Å². The zero-order valence-corrected chi connectivity index (χ0v) is 14.0. The van der Waals surface area contributed by atoms with E-state index in [0.717, 1.165) is 10.0 Å². The first-order valence-electron chi connectivity index (χ1n) is 6.61. The van der Waals surface area contributed by atoms with Crippen molar-refractivity contribution in [2.24, 2.45) is 5.73 Å². The van der Waals surface area contributed by atoms with Crippen molar-refractivity contribution in [3.8, 4) is 0 Å². The number of rotatable bonds is 5. The largest absolute Gasteiger partial charge is 0.329 e. The molecule has 0 aliphatic carbocycles. The van der Waals surface area contributed by atoms with E-state index >= 15 is 0 Å². The number of hydrogen-bond acceptors (Lipinski definition) is 2. The lowest BCUT2D eigenvalue weighted by Crippen LogP contribution is -2.31. The van der Waals surface area contributed by atoms with Crippen molar-refractivity contribution in [2.45, 2.75) is 12.6 Å². The Morgan fingerprint density at radius 2 is 2.00 bits per heavy atom. The first-order chi connectivity index (χ1) is 10.0. The number of halogens is 3. The van der Waals surface area contributed by atoms with Crippen LogP contribution in [0.4, 0.5) is 4.39 Å². The standard InChI is InChI=1S/C16H17BrClFN2/c1-21(10-11-4-2-5-12(17)8-11)15(9-20)13-6-3-7-14(18)16(13)19/h2-8,15H,9-10,20H2,1H3. The summed E-state index contributed by atoms with van der Waals surface area (Å²) in [6, 6.07) is 12.8. The summed E-state index contributed by atoms with van der Waals surface area (Å²) in [5, 5.41) is 0.127. The molecule has 21 heavy (non-hydrogen) atoms. The molecule has 112 valence electrons. The lowest BCUT2D eigenvalue weighted by Gasteiger charge is -2.28. The molecule has 2 N–H and O–H groups in total. The molecular formula is C16H17BrClFN2. The van der Waals surface area contributed by atoms with Crippen LogP contribution < -0.4 is 5.73 Å². The first kappa shape index (κ1) is 16.4. The molecule has 0 spiro atoms. The second-order valence-corrected chi connectivity index (χ2v) is 6.26. The topological polar surface area (TPSA) is 29.3 Å². The molecule has 1 atom stereocenters. The fourth-order valence-electron chi connectivity index (χ4n) is 2.36. The minimum Gasteiger partial charge on any atom is -0.329 e. The molecule has 2 aromatic rings. The van der Waals surface area contributed by atoms with Gasteiger partial charge in [0, 0.05) is 29.2 Å². The van der Waals surface area contributed by atoms with Crippen molar-refractivity contribution in [1.82, 2.24) is 4.90 Å². The fourth-order valence-corrected chi connectivity index (χ4v) is 2.98. The Hall–Kier alpha value is -0.940. The van der Waals surface area contributed by atoms with Gasteiger partial charge >= 0.3 is 0 Å². The van der Waals surface area contributed by atoms with Gasteiger partial charge in [-0.1, -0.05) is 51.8 Å². The maximum atomic E-state index is 14.2. The van der Waals surface area contributed by atoms with Crippen LogP contribution in [0.2, 0.25) is 5.02 Å². The quantitative estimate of drug-likeness (QED) is 0.845. The normalized spacial score (nSPS) is 12.7. The molecule has 2 aromatic carbocycles. The van der Waals surface area contributed by atoms with Gasteiger partial charge in [-0.25, -0.2) is 4.39 Å². The van der Waals surface area contributed by atoms with Gasteiger partial charge in [-0.3, -0.25) is 4.90 Å². The Labute approximate surface area is 137 Å². The third kappa shape index (κ3) is 4.04. The Morgan fingerprint density at radius 3 is 2.67 bits per heavy atom. The summed E-state index contributed by atoms with van der Waals surface area (Å²) in [6.07, 6.45) is 0. The third-order valence-corrected chi connectivity index (χ3v) is 4.20. The predicted molar refractivity (Wildman–Crippen MR) is 88.8 cm³/mol. The summed E-state index contributed by atoms with van der Waals surface area (Å²) in [5.41, 5.74) is 7.51. The smallest absolute Gasteiger partial charge is 0.146 e. The Morgan fingerprint density at radius 1 is 1.29 bits per heavy atom. The molecule has 5 heteroatoms. The summed E-state index contributed by atoms with van der Waals surface area (Å²) >= 11 is 9.31. The van der Waals surface area contributed by atoms with E-state index in [9.17, 15) is 4.39 Å². The number of likely N-dealkylation sites (N-methyl/N-ethyl adjacent to an activating group) is 1. The van der Waals surface area contributed by atoms with Crippen LogP contribution in [-0.2, 0) is 6.54 Å². The average Bonchev–Trinajstić information content (AvgIpc) is 2.44. The molecule has 2 nitrogen and oxygen atoms in total. The highest BCUT2D eigenvalue weighted by Crippen LogP contribution is 2.27. The van der Waals surface area contributed by atoms with Gasteiger partial charge in [0.05, 0.1) is 5.02 Å². The van der Waals surface area contributed by atoms with E-state index in [1.807, 2.05) is 36.2 Å². The van der Waals surface area contributed by atoms with Crippen molar-refractivity contribution in [3.05, 3.63) is 68.9 Å². The van der Waals surface area contributed by atoms with Crippen molar-refractivity contribution in [3.63, 3.8) is 0 Å². The second kappa shape index (κ2) is 7.36. The van der Waals surface area contributed by atoms with Crippen molar-refractivity contribution >= 4 is 27.5 Å². The van der Waals surface area contributed by atoms with Crippen LogP contribution in [-0.4, -0.2) is 18.5 Å². The summed E-state index contributed by atoms with van der Waals surface area (Å²) in [7, 11) is 1.93. The SMILES string of the molecule is CN(Cc1cccc(Br)c1)C(CN)c1cccc(Cl)c1F. The Kier molecular flexibility index (Phi) is 5.76. The van der Waals surface area contributed by atoms with Gasteiger partial charge in [0.2, 0.25) is 0 Å². The summed E-state index contributed by atoms with van der Waals surface area (Å²) in [4.78, 5) is 2.02. The fraction of sp³-hybridized carbons (Fsp3) is 0.250. The summed E-state index contributed by atoms with van der Waals surface area (Å²) < 4.78 is 15.2. The minimum absolute atomic E-state index is 0.127. The highest BCUT2D eigenvalue weighted by atomic mass is 79.9. The van der Waals surface area contributed by atoms with Gasteiger partial charge in [0.25, 0.3) is 0 Å². The van der Waals surface area contributed by atoms with Gasteiger partial charge in [-0.2, -0.15) is 0 Å². The molecule has 0 bridgehead atoms. The molecule has 2 rings (SSSR count). The first-order valence-corrected chi connectivity index (χ1v) is 7.78. The molecule has 0 saturated carbocycles. The van der Waals surface area contributed by atoms with Crippen LogP contribution in [0.1, 0.15) is 17.2 Å². The van der Waals surface area contributed by atoms with Crippen molar-refractivity contribution in [1.29, 1.82) is 0 Å². The number of nitrogens with zero attached hydrogens (tertiary/aromatic N) is 1. The van der Waals surface area contributed by atoms with Crippen LogP contribution in [0.25, 0.3) is 0 Å².